The van der Waals surface area contributed by atoms with E-state index in [0.29, 0.717) is 5.82 Å². The molecule has 0 spiro atoms. The molecular weight excluding hydrogens is 332 g/mol. The first kappa shape index (κ1) is 16.7. The Morgan fingerprint density at radius 1 is 0.741 bits per heavy atom. The van der Waals surface area contributed by atoms with Crippen LogP contribution in [0.5, 0.6) is 0 Å². The average molecular weight is 350 g/mol. The zero-order chi connectivity index (χ0) is 18.7. The van der Waals surface area contributed by atoms with Gasteiger partial charge in [0.2, 0.25) is 5.82 Å². The van der Waals surface area contributed by atoms with Crippen molar-refractivity contribution in [1.82, 2.24) is 14.8 Å². The summed E-state index contributed by atoms with van der Waals surface area (Å²) in [5.41, 5.74) is 2.26. The summed E-state index contributed by atoms with van der Waals surface area (Å²) in [5, 5.41) is 14.4. The molecule has 4 heteroatoms. The molecule has 0 aliphatic carbocycles. The summed E-state index contributed by atoms with van der Waals surface area (Å²) in [4.78, 5) is 4.36. The van der Waals surface area contributed by atoms with E-state index in [1.807, 2.05) is 61.5 Å². The van der Waals surface area contributed by atoms with Crippen LogP contribution in [-0.2, 0) is 5.54 Å². The van der Waals surface area contributed by atoms with Gasteiger partial charge in [-0.15, -0.1) is 0 Å². The second kappa shape index (κ2) is 6.89. The molecule has 0 aliphatic rings. The lowest BCUT2D eigenvalue weighted by molar-refractivity contribution is 0.452. The van der Waals surface area contributed by atoms with E-state index in [-0.39, 0.29) is 5.82 Å². The van der Waals surface area contributed by atoms with E-state index in [0.717, 1.165) is 16.7 Å². The Hall–Kier alpha value is -3.71. The number of hydrogen-bond donors (Lipinski definition) is 0. The first-order valence-corrected chi connectivity index (χ1v) is 8.77. The molecule has 130 valence electrons. The highest BCUT2D eigenvalue weighted by molar-refractivity contribution is 5.51. The van der Waals surface area contributed by atoms with Crippen molar-refractivity contribution in [2.75, 3.05) is 0 Å². The van der Waals surface area contributed by atoms with Crippen LogP contribution in [0.2, 0.25) is 0 Å². The maximum Gasteiger partial charge on any atom is 0.232 e. The van der Waals surface area contributed by atoms with Gasteiger partial charge >= 0.3 is 0 Å². The lowest BCUT2D eigenvalue weighted by atomic mass is 9.77. The molecule has 0 atom stereocenters. The Labute approximate surface area is 158 Å². The normalized spacial score (nSPS) is 11.1. The third-order valence-corrected chi connectivity index (χ3v) is 4.71. The van der Waals surface area contributed by atoms with Crippen LogP contribution in [0.1, 0.15) is 28.3 Å². The molecule has 0 fully saturated rings. The minimum absolute atomic E-state index is 0.282. The van der Waals surface area contributed by atoms with Crippen molar-refractivity contribution in [1.29, 1.82) is 5.26 Å². The maximum atomic E-state index is 9.76. The molecule has 0 amide bonds. The number of rotatable bonds is 4. The van der Waals surface area contributed by atoms with Gasteiger partial charge in [-0.1, -0.05) is 91.0 Å². The van der Waals surface area contributed by atoms with Crippen LogP contribution in [0.15, 0.2) is 91.0 Å². The maximum absolute atomic E-state index is 9.76. The van der Waals surface area contributed by atoms with Gasteiger partial charge < -0.3 is 0 Å². The quantitative estimate of drug-likeness (QED) is 0.516. The molecule has 27 heavy (non-hydrogen) atoms. The fourth-order valence-corrected chi connectivity index (χ4v) is 3.63. The number of benzene rings is 3. The summed E-state index contributed by atoms with van der Waals surface area (Å²) < 4.78 is 1.75. The topological polar surface area (TPSA) is 54.5 Å². The SMILES string of the molecule is Cc1nc(C#N)n(C(c2ccccc2)(c2ccccc2)c2ccccc2)n1. The van der Waals surface area contributed by atoms with Gasteiger partial charge in [0.25, 0.3) is 0 Å². The van der Waals surface area contributed by atoms with E-state index in [1.54, 1.807) is 4.68 Å². The third-order valence-electron chi connectivity index (χ3n) is 4.71. The number of aryl methyl sites for hydroxylation is 1. The van der Waals surface area contributed by atoms with E-state index >= 15 is 0 Å². The van der Waals surface area contributed by atoms with Gasteiger partial charge in [-0.2, -0.15) is 10.4 Å². The summed E-state index contributed by atoms with van der Waals surface area (Å²) in [6.07, 6.45) is 0. The molecule has 4 nitrogen and oxygen atoms in total. The van der Waals surface area contributed by atoms with Crippen LogP contribution in [0, 0.1) is 18.3 Å². The van der Waals surface area contributed by atoms with Gasteiger partial charge in [-0.3, -0.25) is 0 Å². The molecular formula is C23H18N4. The van der Waals surface area contributed by atoms with Crippen molar-refractivity contribution >= 4 is 0 Å². The molecule has 0 saturated heterocycles. The van der Waals surface area contributed by atoms with Crippen LogP contribution < -0.4 is 0 Å². The minimum atomic E-state index is -0.796. The zero-order valence-electron chi connectivity index (χ0n) is 14.9. The molecule has 4 rings (SSSR count). The van der Waals surface area contributed by atoms with Crippen LogP contribution in [0.4, 0.5) is 0 Å². The molecule has 3 aromatic carbocycles. The predicted molar refractivity (Wildman–Crippen MR) is 104 cm³/mol. The number of nitrogens with zero attached hydrogens (tertiary/aromatic N) is 4. The molecule has 0 radical (unpaired) electrons. The van der Waals surface area contributed by atoms with Crippen molar-refractivity contribution in [2.24, 2.45) is 0 Å². The number of nitriles is 1. The standard InChI is InChI=1S/C23H18N4/c1-18-25-22(17-24)27(26-18)23(19-11-5-2-6-12-19,20-13-7-3-8-14-20)21-15-9-4-10-16-21/h2-16H,1H3. The summed E-state index contributed by atoms with van der Waals surface area (Å²) >= 11 is 0. The Bertz CT molecular complexity index is 981. The van der Waals surface area contributed by atoms with Crippen LogP contribution in [0.25, 0.3) is 0 Å². The van der Waals surface area contributed by atoms with Crippen molar-refractivity contribution in [3.63, 3.8) is 0 Å². The Morgan fingerprint density at radius 3 is 1.52 bits per heavy atom. The van der Waals surface area contributed by atoms with Gasteiger partial charge in [0, 0.05) is 0 Å². The van der Waals surface area contributed by atoms with Gasteiger partial charge in [0.05, 0.1) is 0 Å². The summed E-state index contributed by atoms with van der Waals surface area (Å²) in [7, 11) is 0. The van der Waals surface area contributed by atoms with E-state index in [2.05, 4.69) is 52.6 Å². The summed E-state index contributed by atoms with van der Waals surface area (Å²) in [6.45, 7) is 1.81. The minimum Gasteiger partial charge on any atom is -0.217 e. The molecule has 1 heterocycles. The Morgan fingerprint density at radius 2 is 1.15 bits per heavy atom. The van der Waals surface area contributed by atoms with Crippen LogP contribution in [0.3, 0.4) is 0 Å². The van der Waals surface area contributed by atoms with Crippen molar-refractivity contribution in [2.45, 2.75) is 12.5 Å². The highest BCUT2D eigenvalue weighted by atomic mass is 15.4. The number of aromatic nitrogens is 3. The monoisotopic (exact) mass is 350 g/mol. The van der Waals surface area contributed by atoms with Gasteiger partial charge in [0.1, 0.15) is 17.4 Å². The zero-order valence-corrected chi connectivity index (χ0v) is 14.9. The molecule has 0 bridgehead atoms. The fourth-order valence-electron chi connectivity index (χ4n) is 3.63. The van der Waals surface area contributed by atoms with E-state index in [4.69, 9.17) is 0 Å². The van der Waals surface area contributed by atoms with Crippen molar-refractivity contribution in [3.05, 3.63) is 119 Å². The molecule has 0 unspecified atom stereocenters. The molecule has 1 aromatic heterocycles. The number of hydrogen-bond acceptors (Lipinski definition) is 3. The first-order chi connectivity index (χ1) is 13.3. The predicted octanol–water partition coefficient (Wildman–Crippen LogP) is 4.30. The van der Waals surface area contributed by atoms with E-state index in [9.17, 15) is 5.26 Å². The van der Waals surface area contributed by atoms with Crippen molar-refractivity contribution < 1.29 is 0 Å². The first-order valence-electron chi connectivity index (χ1n) is 8.77. The van der Waals surface area contributed by atoms with Gasteiger partial charge in [0.15, 0.2) is 0 Å². The van der Waals surface area contributed by atoms with Gasteiger partial charge in [-0.05, 0) is 23.6 Å². The van der Waals surface area contributed by atoms with Gasteiger partial charge in [-0.25, -0.2) is 9.67 Å². The molecule has 0 N–H and O–H groups in total. The lowest BCUT2D eigenvalue weighted by Gasteiger charge is -2.36. The van der Waals surface area contributed by atoms with Crippen LogP contribution in [-0.4, -0.2) is 14.8 Å². The van der Waals surface area contributed by atoms with E-state index in [1.165, 1.54) is 0 Å². The molecule has 4 aromatic rings. The van der Waals surface area contributed by atoms with Crippen molar-refractivity contribution in [3.8, 4) is 6.07 Å². The highest BCUT2D eigenvalue weighted by Crippen LogP contribution is 2.40. The smallest absolute Gasteiger partial charge is 0.217 e. The second-order valence-electron chi connectivity index (χ2n) is 6.31. The molecule has 0 aliphatic heterocycles. The van der Waals surface area contributed by atoms with Crippen LogP contribution >= 0.6 is 0 Å². The third kappa shape index (κ3) is 2.70. The highest BCUT2D eigenvalue weighted by Gasteiger charge is 2.41. The molecule has 0 saturated carbocycles. The Balaban J connectivity index is 2.19. The summed E-state index contributed by atoms with van der Waals surface area (Å²) in [5.74, 6) is 0.850. The Kier molecular flexibility index (Phi) is 4.27. The summed E-state index contributed by atoms with van der Waals surface area (Å²) in [6, 6.07) is 32.6. The lowest BCUT2D eigenvalue weighted by Crippen LogP contribution is -2.39. The largest absolute Gasteiger partial charge is 0.232 e. The van der Waals surface area contributed by atoms with E-state index < -0.39 is 5.54 Å². The average Bonchev–Trinajstić information content (AvgIpc) is 3.12. The second-order valence-corrected chi connectivity index (χ2v) is 6.31. The fraction of sp³-hybridized carbons (Fsp3) is 0.0870.